The van der Waals surface area contributed by atoms with Crippen LogP contribution in [0.2, 0.25) is 0 Å². The van der Waals surface area contributed by atoms with Gasteiger partial charge in [0.25, 0.3) is 0 Å². The fourth-order valence-corrected chi connectivity index (χ4v) is 2.29. The Balaban J connectivity index is 1.92. The lowest BCUT2D eigenvalue weighted by Crippen LogP contribution is -1.94. The molecule has 2 nitrogen and oxygen atoms in total. The van der Waals surface area contributed by atoms with Gasteiger partial charge >= 0.3 is 5.97 Å². The first-order valence-electron chi connectivity index (χ1n) is 6.69. The van der Waals surface area contributed by atoms with Crippen LogP contribution in [-0.4, -0.2) is 11.1 Å². The van der Waals surface area contributed by atoms with Crippen LogP contribution in [0.3, 0.4) is 0 Å². The van der Waals surface area contributed by atoms with Gasteiger partial charge in [-0.25, -0.2) is 0 Å². The zero-order chi connectivity index (χ0) is 11.6. The van der Waals surface area contributed by atoms with Gasteiger partial charge in [0.2, 0.25) is 0 Å². The molecule has 1 aliphatic rings. The number of hydrogen-bond donors (Lipinski definition) is 1. The summed E-state index contributed by atoms with van der Waals surface area (Å²) in [6.07, 6.45) is 15.1. The summed E-state index contributed by atoms with van der Waals surface area (Å²) in [5.41, 5.74) is 1.66. The second-order valence-electron chi connectivity index (χ2n) is 4.77. The number of hydrogen-bond acceptors (Lipinski definition) is 1. The molecule has 0 saturated heterocycles. The van der Waals surface area contributed by atoms with E-state index in [4.69, 9.17) is 5.11 Å². The summed E-state index contributed by atoms with van der Waals surface area (Å²) in [5, 5.41) is 8.48. The van der Waals surface area contributed by atoms with E-state index >= 15 is 0 Å². The van der Waals surface area contributed by atoms with E-state index in [-0.39, 0.29) is 0 Å². The van der Waals surface area contributed by atoms with Gasteiger partial charge < -0.3 is 5.11 Å². The fraction of sp³-hybridized carbons (Fsp3) is 0.786. The topological polar surface area (TPSA) is 37.3 Å². The Hall–Kier alpha value is -0.790. The van der Waals surface area contributed by atoms with E-state index in [1.807, 2.05) is 0 Å². The van der Waals surface area contributed by atoms with Gasteiger partial charge in [-0.3, -0.25) is 4.79 Å². The molecule has 92 valence electrons. The Morgan fingerprint density at radius 2 is 1.75 bits per heavy atom. The van der Waals surface area contributed by atoms with E-state index < -0.39 is 5.97 Å². The van der Waals surface area contributed by atoms with Crippen molar-refractivity contribution < 1.29 is 9.90 Å². The predicted molar refractivity (Wildman–Crippen MR) is 66.5 cm³/mol. The van der Waals surface area contributed by atoms with Crippen LogP contribution in [-0.2, 0) is 4.79 Å². The SMILES string of the molecule is O=C(O)CCCCCCC=C1CCCCC1. The number of carbonyl (C=O) groups is 1. The van der Waals surface area contributed by atoms with E-state index in [1.165, 1.54) is 51.4 Å². The van der Waals surface area contributed by atoms with Gasteiger partial charge in [0.05, 0.1) is 0 Å². The molecule has 1 rings (SSSR count). The molecule has 0 aromatic rings. The first-order chi connectivity index (χ1) is 7.79. The Morgan fingerprint density at radius 3 is 2.44 bits per heavy atom. The molecule has 0 amide bonds. The summed E-state index contributed by atoms with van der Waals surface area (Å²) in [6, 6.07) is 0. The van der Waals surface area contributed by atoms with Gasteiger partial charge in [-0.15, -0.1) is 0 Å². The van der Waals surface area contributed by atoms with Crippen molar-refractivity contribution in [2.24, 2.45) is 0 Å². The highest BCUT2D eigenvalue weighted by atomic mass is 16.4. The van der Waals surface area contributed by atoms with Crippen molar-refractivity contribution in [3.63, 3.8) is 0 Å². The molecule has 0 unspecified atom stereocenters. The molecular formula is C14H24O2. The molecule has 0 spiro atoms. The van der Waals surface area contributed by atoms with Crippen LogP contribution >= 0.6 is 0 Å². The third-order valence-corrected chi connectivity index (χ3v) is 3.27. The summed E-state index contributed by atoms with van der Waals surface area (Å²) < 4.78 is 0. The van der Waals surface area contributed by atoms with Crippen molar-refractivity contribution in [2.75, 3.05) is 0 Å². The van der Waals surface area contributed by atoms with Crippen LogP contribution in [0.5, 0.6) is 0 Å². The van der Waals surface area contributed by atoms with Gasteiger partial charge in [-0.05, 0) is 44.9 Å². The average molecular weight is 224 g/mol. The molecule has 0 heterocycles. The molecule has 0 bridgehead atoms. The molecule has 1 fully saturated rings. The van der Waals surface area contributed by atoms with Gasteiger partial charge in [-0.1, -0.05) is 30.9 Å². The standard InChI is InChI=1S/C14H24O2/c15-14(16)12-8-3-1-2-5-9-13-10-6-4-7-11-13/h9H,1-8,10-12H2,(H,15,16). The monoisotopic (exact) mass is 224 g/mol. The maximum atomic E-state index is 10.3. The molecule has 2 heteroatoms. The van der Waals surface area contributed by atoms with Gasteiger partial charge in [0, 0.05) is 6.42 Å². The van der Waals surface area contributed by atoms with Crippen LogP contribution in [0.25, 0.3) is 0 Å². The highest BCUT2D eigenvalue weighted by Gasteiger charge is 2.03. The van der Waals surface area contributed by atoms with E-state index in [1.54, 1.807) is 5.57 Å². The zero-order valence-corrected chi connectivity index (χ0v) is 10.2. The Kier molecular flexibility index (Phi) is 6.95. The quantitative estimate of drug-likeness (QED) is 0.517. The largest absolute Gasteiger partial charge is 0.481 e. The van der Waals surface area contributed by atoms with Crippen molar-refractivity contribution in [2.45, 2.75) is 70.6 Å². The number of unbranched alkanes of at least 4 members (excludes halogenated alkanes) is 4. The Labute approximate surface area is 98.7 Å². The number of carboxylic acid groups (broad SMARTS) is 1. The van der Waals surface area contributed by atoms with E-state index in [9.17, 15) is 4.79 Å². The molecule has 1 saturated carbocycles. The summed E-state index contributed by atoms with van der Waals surface area (Å²) in [4.78, 5) is 10.3. The maximum Gasteiger partial charge on any atom is 0.303 e. The van der Waals surface area contributed by atoms with Gasteiger partial charge in [0.1, 0.15) is 0 Å². The van der Waals surface area contributed by atoms with Crippen LogP contribution < -0.4 is 0 Å². The lowest BCUT2D eigenvalue weighted by molar-refractivity contribution is -0.137. The molecule has 0 atom stereocenters. The number of aliphatic carboxylic acids is 1. The number of rotatable bonds is 7. The maximum absolute atomic E-state index is 10.3. The summed E-state index contributed by atoms with van der Waals surface area (Å²) in [7, 11) is 0. The summed E-state index contributed by atoms with van der Waals surface area (Å²) in [5.74, 6) is -0.663. The molecule has 0 aromatic heterocycles. The van der Waals surface area contributed by atoms with Crippen LogP contribution in [0, 0.1) is 0 Å². The van der Waals surface area contributed by atoms with Crippen molar-refractivity contribution in [1.29, 1.82) is 0 Å². The van der Waals surface area contributed by atoms with Gasteiger partial charge in [0.15, 0.2) is 0 Å². The van der Waals surface area contributed by atoms with Crippen LogP contribution in [0.4, 0.5) is 0 Å². The first-order valence-corrected chi connectivity index (χ1v) is 6.69. The number of carboxylic acids is 1. The van der Waals surface area contributed by atoms with E-state index in [2.05, 4.69) is 6.08 Å². The van der Waals surface area contributed by atoms with Crippen molar-refractivity contribution in [3.8, 4) is 0 Å². The summed E-state index contributed by atoms with van der Waals surface area (Å²) in [6.45, 7) is 0. The molecule has 0 radical (unpaired) electrons. The first kappa shape index (κ1) is 13.3. The lowest BCUT2D eigenvalue weighted by Gasteiger charge is -2.13. The van der Waals surface area contributed by atoms with E-state index in [0.29, 0.717) is 6.42 Å². The number of allylic oxidation sites excluding steroid dienone is 2. The lowest BCUT2D eigenvalue weighted by atomic mass is 9.94. The molecule has 1 N–H and O–H groups in total. The van der Waals surface area contributed by atoms with Crippen molar-refractivity contribution >= 4 is 5.97 Å². The smallest absolute Gasteiger partial charge is 0.303 e. The fourth-order valence-electron chi connectivity index (χ4n) is 2.29. The average Bonchev–Trinajstić information content (AvgIpc) is 2.29. The zero-order valence-electron chi connectivity index (χ0n) is 10.2. The molecular weight excluding hydrogens is 200 g/mol. The minimum Gasteiger partial charge on any atom is -0.481 e. The van der Waals surface area contributed by atoms with E-state index in [0.717, 1.165) is 12.8 Å². The second-order valence-corrected chi connectivity index (χ2v) is 4.77. The van der Waals surface area contributed by atoms with Crippen LogP contribution in [0.15, 0.2) is 11.6 Å². The van der Waals surface area contributed by atoms with Crippen molar-refractivity contribution in [3.05, 3.63) is 11.6 Å². The Morgan fingerprint density at radius 1 is 1.06 bits per heavy atom. The summed E-state index contributed by atoms with van der Waals surface area (Å²) >= 11 is 0. The third-order valence-electron chi connectivity index (χ3n) is 3.27. The minimum atomic E-state index is -0.663. The molecule has 0 aliphatic heterocycles. The predicted octanol–water partition coefficient (Wildman–Crippen LogP) is 4.30. The molecule has 16 heavy (non-hydrogen) atoms. The third kappa shape index (κ3) is 6.65. The second kappa shape index (κ2) is 8.37. The van der Waals surface area contributed by atoms with Crippen molar-refractivity contribution in [1.82, 2.24) is 0 Å². The molecule has 1 aliphatic carbocycles. The van der Waals surface area contributed by atoms with Crippen LogP contribution in [0.1, 0.15) is 70.6 Å². The minimum absolute atomic E-state index is 0.334. The highest BCUT2D eigenvalue weighted by molar-refractivity contribution is 5.66. The van der Waals surface area contributed by atoms with Gasteiger partial charge in [-0.2, -0.15) is 0 Å². The normalized spacial score (nSPS) is 16.1. The highest BCUT2D eigenvalue weighted by Crippen LogP contribution is 2.23. The molecule has 0 aromatic carbocycles. The Bertz CT molecular complexity index is 223.